The molecule has 0 saturated heterocycles. The molecule has 156 valence electrons. The van der Waals surface area contributed by atoms with Gasteiger partial charge in [0.2, 0.25) is 0 Å². The summed E-state index contributed by atoms with van der Waals surface area (Å²) in [5.41, 5.74) is 3.16. The normalized spacial score (nSPS) is 11.0. The van der Waals surface area contributed by atoms with Crippen molar-refractivity contribution in [3.8, 4) is 0 Å². The van der Waals surface area contributed by atoms with Gasteiger partial charge in [0.1, 0.15) is 0 Å². The summed E-state index contributed by atoms with van der Waals surface area (Å²) < 4.78 is 0. The van der Waals surface area contributed by atoms with Crippen molar-refractivity contribution in [3.05, 3.63) is 82.0 Å². The van der Waals surface area contributed by atoms with E-state index >= 15 is 0 Å². The number of carbonyl (C=O) groups excluding carboxylic acids is 2. The SMILES string of the molecule is CCN(Cc1ccc(C(=O)Nc2ccc(NC(=O)c3cccs3)cc2)cc1)C(C)C. The van der Waals surface area contributed by atoms with Crippen LogP contribution in [0.1, 0.15) is 46.4 Å². The summed E-state index contributed by atoms with van der Waals surface area (Å²) in [6, 6.07) is 18.9. The zero-order valence-electron chi connectivity index (χ0n) is 17.5. The Bertz CT molecular complexity index is 965. The van der Waals surface area contributed by atoms with Crippen LogP contribution in [0.2, 0.25) is 0 Å². The fourth-order valence-electron chi connectivity index (χ4n) is 3.10. The van der Waals surface area contributed by atoms with Gasteiger partial charge in [-0.25, -0.2) is 0 Å². The molecule has 1 aromatic heterocycles. The highest BCUT2D eigenvalue weighted by Gasteiger charge is 2.10. The van der Waals surface area contributed by atoms with E-state index in [-0.39, 0.29) is 11.8 Å². The molecule has 3 aromatic rings. The Morgan fingerprint density at radius 3 is 2.00 bits per heavy atom. The summed E-state index contributed by atoms with van der Waals surface area (Å²) in [5.74, 6) is -0.297. The van der Waals surface area contributed by atoms with Gasteiger partial charge in [0.15, 0.2) is 0 Å². The molecule has 5 nitrogen and oxygen atoms in total. The van der Waals surface area contributed by atoms with Crippen molar-refractivity contribution < 1.29 is 9.59 Å². The van der Waals surface area contributed by atoms with E-state index in [1.54, 1.807) is 30.3 Å². The Morgan fingerprint density at radius 2 is 1.50 bits per heavy atom. The first-order valence-corrected chi connectivity index (χ1v) is 10.9. The molecular weight excluding hydrogens is 394 g/mol. The van der Waals surface area contributed by atoms with E-state index in [0.29, 0.717) is 27.9 Å². The molecule has 0 bridgehead atoms. The zero-order valence-corrected chi connectivity index (χ0v) is 18.3. The first kappa shape index (κ1) is 21.7. The third-order valence-electron chi connectivity index (χ3n) is 4.88. The zero-order chi connectivity index (χ0) is 21.5. The van der Waals surface area contributed by atoms with Gasteiger partial charge in [0, 0.05) is 29.5 Å². The minimum absolute atomic E-state index is 0.138. The summed E-state index contributed by atoms with van der Waals surface area (Å²) in [6.45, 7) is 8.38. The standard InChI is InChI=1S/C24H27N3O2S/c1-4-27(17(2)3)16-18-7-9-19(10-8-18)23(28)25-20-11-13-21(14-12-20)26-24(29)22-6-5-15-30-22/h5-15,17H,4,16H2,1-3H3,(H,25,28)(H,26,29). The van der Waals surface area contributed by atoms with Crippen LogP contribution in [0.5, 0.6) is 0 Å². The van der Waals surface area contributed by atoms with Crippen LogP contribution in [-0.2, 0) is 6.54 Å². The predicted molar refractivity (Wildman–Crippen MR) is 124 cm³/mol. The van der Waals surface area contributed by atoms with Crippen molar-refractivity contribution in [2.45, 2.75) is 33.4 Å². The monoisotopic (exact) mass is 421 g/mol. The van der Waals surface area contributed by atoms with Crippen molar-refractivity contribution in [2.75, 3.05) is 17.2 Å². The summed E-state index contributed by atoms with van der Waals surface area (Å²) in [7, 11) is 0. The topological polar surface area (TPSA) is 61.4 Å². The van der Waals surface area contributed by atoms with Gasteiger partial charge in [-0.1, -0.05) is 25.1 Å². The van der Waals surface area contributed by atoms with Gasteiger partial charge in [0.05, 0.1) is 4.88 Å². The van der Waals surface area contributed by atoms with Gasteiger partial charge >= 0.3 is 0 Å². The number of carbonyl (C=O) groups is 2. The molecule has 0 aliphatic rings. The first-order valence-electron chi connectivity index (χ1n) is 10.1. The molecule has 3 rings (SSSR count). The molecule has 0 spiro atoms. The Balaban J connectivity index is 1.57. The molecule has 2 aromatic carbocycles. The Morgan fingerprint density at radius 1 is 0.900 bits per heavy atom. The molecule has 0 aliphatic carbocycles. The maximum Gasteiger partial charge on any atom is 0.265 e. The van der Waals surface area contributed by atoms with Gasteiger partial charge in [-0.3, -0.25) is 14.5 Å². The Hall–Kier alpha value is -2.96. The Labute approximate surface area is 181 Å². The number of benzene rings is 2. The molecular formula is C24H27N3O2S. The largest absolute Gasteiger partial charge is 0.322 e. The lowest BCUT2D eigenvalue weighted by atomic mass is 10.1. The van der Waals surface area contributed by atoms with E-state index in [0.717, 1.165) is 13.1 Å². The fourth-order valence-corrected chi connectivity index (χ4v) is 3.72. The van der Waals surface area contributed by atoms with Crippen molar-refractivity contribution in [1.82, 2.24) is 4.90 Å². The predicted octanol–water partition coefficient (Wildman–Crippen LogP) is 5.48. The van der Waals surface area contributed by atoms with E-state index in [1.807, 2.05) is 35.7 Å². The van der Waals surface area contributed by atoms with Crippen LogP contribution in [0.25, 0.3) is 0 Å². The van der Waals surface area contributed by atoms with Gasteiger partial charge in [-0.05, 0) is 73.8 Å². The maximum atomic E-state index is 12.5. The highest BCUT2D eigenvalue weighted by Crippen LogP contribution is 2.17. The summed E-state index contributed by atoms with van der Waals surface area (Å²) in [5, 5.41) is 7.61. The van der Waals surface area contributed by atoms with Crippen LogP contribution >= 0.6 is 11.3 Å². The van der Waals surface area contributed by atoms with E-state index in [1.165, 1.54) is 16.9 Å². The fraction of sp³-hybridized carbons (Fsp3) is 0.250. The van der Waals surface area contributed by atoms with Crippen molar-refractivity contribution in [3.63, 3.8) is 0 Å². The van der Waals surface area contributed by atoms with Crippen LogP contribution in [0, 0.1) is 0 Å². The molecule has 2 amide bonds. The van der Waals surface area contributed by atoms with Crippen LogP contribution in [0.3, 0.4) is 0 Å². The van der Waals surface area contributed by atoms with Crippen LogP contribution in [0.15, 0.2) is 66.0 Å². The third-order valence-corrected chi connectivity index (χ3v) is 5.75. The average molecular weight is 422 g/mol. The molecule has 6 heteroatoms. The van der Waals surface area contributed by atoms with Crippen molar-refractivity contribution in [1.29, 1.82) is 0 Å². The molecule has 2 N–H and O–H groups in total. The molecule has 1 heterocycles. The van der Waals surface area contributed by atoms with E-state index in [9.17, 15) is 9.59 Å². The minimum Gasteiger partial charge on any atom is -0.322 e. The number of anilines is 2. The summed E-state index contributed by atoms with van der Waals surface area (Å²) in [6.07, 6.45) is 0. The quantitative estimate of drug-likeness (QED) is 0.506. The minimum atomic E-state index is -0.159. The molecule has 0 aliphatic heterocycles. The van der Waals surface area contributed by atoms with E-state index < -0.39 is 0 Å². The number of amides is 2. The lowest BCUT2D eigenvalue weighted by Crippen LogP contribution is -2.29. The lowest BCUT2D eigenvalue weighted by Gasteiger charge is -2.24. The number of hydrogen-bond acceptors (Lipinski definition) is 4. The number of nitrogens with one attached hydrogen (secondary N) is 2. The number of nitrogens with zero attached hydrogens (tertiary/aromatic N) is 1. The second-order valence-corrected chi connectivity index (χ2v) is 8.26. The summed E-state index contributed by atoms with van der Waals surface area (Å²) >= 11 is 1.39. The first-order chi connectivity index (χ1) is 14.5. The second kappa shape index (κ2) is 10.2. The highest BCUT2D eigenvalue weighted by atomic mass is 32.1. The average Bonchev–Trinajstić information content (AvgIpc) is 3.28. The van der Waals surface area contributed by atoms with Crippen molar-refractivity contribution in [2.24, 2.45) is 0 Å². The van der Waals surface area contributed by atoms with Gasteiger partial charge < -0.3 is 10.6 Å². The third kappa shape index (κ3) is 5.78. The highest BCUT2D eigenvalue weighted by molar-refractivity contribution is 7.12. The molecule has 0 unspecified atom stereocenters. The molecule has 30 heavy (non-hydrogen) atoms. The molecule has 0 atom stereocenters. The van der Waals surface area contributed by atoms with Gasteiger partial charge in [0.25, 0.3) is 11.8 Å². The van der Waals surface area contributed by atoms with Crippen LogP contribution in [0.4, 0.5) is 11.4 Å². The van der Waals surface area contributed by atoms with E-state index in [4.69, 9.17) is 0 Å². The van der Waals surface area contributed by atoms with Gasteiger partial charge in [-0.15, -0.1) is 11.3 Å². The Kier molecular flexibility index (Phi) is 7.38. The summed E-state index contributed by atoms with van der Waals surface area (Å²) in [4.78, 5) is 27.7. The van der Waals surface area contributed by atoms with Crippen LogP contribution < -0.4 is 10.6 Å². The number of hydrogen-bond donors (Lipinski definition) is 2. The molecule has 0 saturated carbocycles. The second-order valence-electron chi connectivity index (χ2n) is 7.32. The maximum absolute atomic E-state index is 12.5. The van der Waals surface area contributed by atoms with Gasteiger partial charge in [-0.2, -0.15) is 0 Å². The number of rotatable bonds is 8. The van der Waals surface area contributed by atoms with Crippen molar-refractivity contribution >= 4 is 34.5 Å². The molecule has 0 fully saturated rings. The number of thiophene rings is 1. The lowest BCUT2D eigenvalue weighted by molar-refractivity contribution is 0.102. The van der Waals surface area contributed by atoms with E-state index in [2.05, 4.69) is 36.3 Å². The van der Waals surface area contributed by atoms with Crippen LogP contribution in [-0.4, -0.2) is 29.3 Å². The molecule has 0 radical (unpaired) electrons. The smallest absolute Gasteiger partial charge is 0.265 e.